The number of halogens is 2. The van der Waals surface area contributed by atoms with Crippen molar-refractivity contribution < 1.29 is 18.3 Å². The molecule has 1 fully saturated rings. The fourth-order valence-electron chi connectivity index (χ4n) is 3.60. The van der Waals surface area contributed by atoms with Gasteiger partial charge in [0.2, 0.25) is 11.8 Å². The number of anilines is 1. The van der Waals surface area contributed by atoms with E-state index >= 15 is 0 Å². The van der Waals surface area contributed by atoms with E-state index in [1.54, 1.807) is 6.07 Å². The van der Waals surface area contributed by atoms with Gasteiger partial charge in [0.1, 0.15) is 17.9 Å². The minimum atomic E-state index is -0.980. The summed E-state index contributed by atoms with van der Waals surface area (Å²) in [5, 5.41) is 0. The van der Waals surface area contributed by atoms with Crippen molar-refractivity contribution in [3.05, 3.63) is 42.2 Å². The van der Waals surface area contributed by atoms with Crippen LogP contribution < -0.4 is 9.64 Å². The molecule has 2 heterocycles. The summed E-state index contributed by atoms with van der Waals surface area (Å²) in [7, 11) is 0. The lowest BCUT2D eigenvalue weighted by Crippen LogP contribution is -2.54. The number of benzene rings is 1. The molecule has 6 nitrogen and oxygen atoms in total. The third-order valence-corrected chi connectivity index (χ3v) is 5.26. The van der Waals surface area contributed by atoms with E-state index in [9.17, 15) is 13.6 Å². The Morgan fingerprint density at radius 3 is 2.70 bits per heavy atom. The summed E-state index contributed by atoms with van der Waals surface area (Å²) in [5.74, 6) is -0.630. The normalized spacial score (nSPS) is 16.6. The second-order valence-corrected chi connectivity index (χ2v) is 7.59. The van der Waals surface area contributed by atoms with Crippen LogP contribution in [0, 0.1) is 11.6 Å². The molecule has 162 valence electrons. The zero-order chi connectivity index (χ0) is 21.5. The smallest absolute Gasteiger partial charge is 0.224 e. The summed E-state index contributed by atoms with van der Waals surface area (Å²) in [6.45, 7) is 6.15. The highest BCUT2D eigenvalue weighted by Crippen LogP contribution is 2.25. The highest BCUT2D eigenvalue weighted by molar-refractivity contribution is 5.76. The number of hydrogen-bond donors (Lipinski definition) is 0. The summed E-state index contributed by atoms with van der Waals surface area (Å²) in [5.41, 5.74) is 0. The number of amides is 1. The molecule has 2 aromatic rings. The molecule has 1 aliphatic heterocycles. The van der Waals surface area contributed by atoms with E-state index in [1.165, 1.54) is 18.8 Å². The van der Waals surface area contributed by atoms with Gasteiger partial charge in [-0.2, -0.15) is 0 Å². The Morgan fingerprint density at radius 1 is 1.13 bits per heavy atom. The lowest BCUT2D eigenvalue weighted by atomic mass is 10.1. The molecule has 0 N–H and O–H groups in total. The molecule has 1 aromatic carbocycles. The molecule has 1 aromatic heterocycles. The third-order valence-electron chi connectivity index (χ3n) is 5.26. The fraction of sp³-hybridized carbons (Fsp3) is 0.500. The monoisotopic (exact) mass is 418 g/mol. The number of ether oxygens (including phenoxy) is 1. The number of nitrogens with zero attached hydrogens (tertiary/aromatic N) is 4. The van der Waals surface area contributed by atoms with E-state index in [0.717, 1.165) is 31.4 Å². The summed E-state index contributed by atoms with van der Waals surface area (Å²) in [6.07, 6.45) is 6.34. The summed E-state index contributed by atoms with van der Waals surface area (Å²) >= 11 is 0. The first kappa shape index (κ1) is 21.9. The van der Waals surface area contributed by atoms with Crippen molar-refractivity contribution in [1.29, 1.82) is 0 Å². The Morgan fingerprint density at radius 2 is 1.97 bits per heavy atom. The Balaban J connectivity index is 1.59. The Bertz CT molecular complexity index is 865. The number of carbonyl (C=O) groups excluding carboxylic acids is 1. The molecule has 1 amide bonds. The highest BCUT2D eigenvalue weighted by atomic mass is 19.2. The van der Waals surface area contributed by atoms with Crippen molar-refractivity contribution in [1.82, 2.24) is 14.9 Å². The Kier molecular flexibility index (Phi) is 7.54. The molecule has 0 spiro atoms. The first-order valence-corrected chi connectivity index (χ1v) is 10.5. The lowest BCUT2D eigenvalue weighted by Gasteiger charge is -2.40. The maximum Gasteiger partial charge on any atom is 0.224 e. The molecule has 0 unspecified atom stereocenters. The average molecular weight is 418 g/mol. The van der Waals surface area contributed by atoms with E-state index in [0.29, 0.717) is 31.9 Å². The topological polar surface area (TPSA) is 58.6 Å². The van der Waals surface area contributed by atoms with Crippen molar-refractivity contribution in [3.63, 3.8) is 0 Å². The third kappa shape index (κ3) is 5.64. The zero-order valence-corrected chi connectivity index (χ0v) is 17.5. The van der Waals surface area contributed by atoms with Crippen LogP contribution in [0.15, 0.2) is 30.6 Å². The van der Waals surface area contributed by atoms with Crippen molar-refractivity contribution in [2.45, 2.75) is 52.0 Å². The van der Waals surface area contributed by atoms with Crippen LogP contribution in [0.2, 0.25) is 0 Å². The summed E-state index contributed by atoms with van der Waals surface area (Å²) in [4.78, 5) is 24.9. The van der Waals surface area contributed by atoms with Gasteiger partial charge >= 0.3 is 0 Å². The van der Waals surface area contributed by atoms with Crippen LogP contribution in [-0.4, -0.2) is 46.5 Å². The Hall–Kier alpha value is -2.77. The predicted octanol–water partition coefficient (Wildman–Crippen LogP) is 4.55. The van der Waals surface area contributed by atoms with Gasteiger partial charge in [0.15, 0.2) is 11.6 Å². The number of aromatic nitrogens is 2. The van der Waals surface area contributed by atoms with Crippen LogP contribution in [-0.2, 0) is 4.79 Å². The van der Waals surface area contributed by atoms with Gasteiger partial charge in [-0.05, 0) is 25.5 Å². The van der Waals surface area contributed by atoms with Crippen LogP contribution in [0.5, 0.6) is 11.6 Å². The van der Waals surface area contributed by atoms with Crippen molar-refractivity contribution >= 4 is 11.7 Å². The first-order chi connectivity index (χ1) is 14.5. The summed E-state index contributed by atoms with van der Waals surface area (Å²) < 4.78 is 32.0. The van der Waals surface area contributed by atoms with Crippen LogP contribution in [0.4, 0.5) is 14.6 Å². The van der Waals surface area contributed by atoms with Gasteiger partial charge in [0.25, 0.3) is 0 Å². The number of piperazine rings is 1. The number of carbonyl (C=O) groups is 1. The van der Waals surface area contributed by atoms with Gasteiger partial charge in [-0.15, -0.1) is 0 Å². The molecule has 3 rings (SSSR count). The largest absolute Gasteiger partial charge is 0.439 e. The van der Waals surface area contributed by atoms with Crippen LogP contribution in [0.25, 0.3) is 0 Å². The molecule has 1 aliphatic rings. The van der Waals surface area contributed by atoms with E-state index in [-0.39, 0.29) is 23.6 Å². The SMILES string of the molecule is CCCCCCC(=O)N1CCN(c2cc(Oc3ccc(F)c(F)c3)ncn2)C[C@@H]1C. The van der Waals surface area contributed by atoms with E-state index in [4.69, 9.17) is 4.74 Å². The maximum absolute atomic E-state index is 13.4. The Labute approximate surface area is 175 Å². The van der Waals surface area contributed by atoms with Crippen molar-refractivity contribution in [2.24, 2.45) is 0 Å². The average Bonchev–Trinajstić information content (AvgIpc) is 2.74. The van der Waals surface area contributed by atoms with Crippen LogP contribution >= 0.6 is 0 Å². The number of hydrogen-bond acceptors (Lipinski definition) is 5. The molecule has 0 saturated carbocycles. The van der Waals surface area contributed by atoms with Gasteiger partial charge in [-0.25, -0.2) is 18.7 Å². The van der Waals surface area contributed by atoms with Gasteiger partial charge in [-0.1, -0.05) is 26.2 Å². The number of unbranched alkanes of at least 4 members (excludes halogenated alkanes) is 3. The van der Waals surface area contributed by atoms with Gasteiger partial charge < -0.3 is 14.5 Å². The van der Waals surface area contributed by atoms with E-state index < -0.39 is 11.6 Å². The molecule has 0 radical (unpaired) electrons. The van der Waals surface area contributed by atoms with Gasteiger partial charge in [-0.3, -0.25) is 4.79 Å². The molecular formula is C22H28F2N4O2. The fourth-order valence-corrected chi connectivity index (χ4v) is 3.60. The molecule has 1 saturated heterocycles. The molecule has 0 bridgehead atoms. The predicted molar refractivity (Wildman–Crippen MR) is 111 cm³/mol. The molecule has 30 heavy (non-hydrogen) atoms. The van der Waals surface area contributed by atoms with Gasteiger partial charge in [0.05, 0.1) is 0 Å². The highest BCUT2D eigenvalue weighted by Gasteiger charge is 2.27. The van der Waals surface area contributed by atoms with E-state index in [1.807, 2.05) is 11.8 Å². The molecule has 8 heteroatoms. The zero-order valence-electron chi connectivity index (χ0n) is 17.5. The van der Waals surface area contributed by atoms with Crippen LogP contribution in [0.3, 0.4) is 0 Å². The molecular weight excluding hydrogens is 390 g/mol. The second-order valence-electron chi connectivity index (χ2n) is 7.59. The molecule has 0 aliphatic carbocycles. The minimum Gasteiger partial charge on any atom is -0.439 e. The van der Waals surface area contributed by atoms with Crippen LogP contribution in [0.1, 0.15) is 46.0 Å². The van der Waals surface area contributed by atoms with Crippen molar-refractivity contribution in [3.8, 4) is 11.6 Å². The quantitative estimate of drug-likeness (QED) is 0.589. The first-order valence-electron chi connectivity index (χ1n) is 10.5. The lowest BCUT2D eigenvalue weighted by molar-refractivity contribution is -0.133. The number of rotatable bonds is 8. The summed E-state index contributed by atoms with van der Waals surface area (Å²) in [6, 6.07) is 5.06. The van der Waals surface area contributed by atoms with Crippen molar-refractivity contribution in [2.75, 3.05) is 24.5 Å². The minimum absolute atomic E-state index is 0.0722. The second kappa shape index (κ2) is 10.3. The van der Waals surface area contributed by atoms with Gasteiger partial charge in [0, 0.05) is 44.2 Å². The molecule has 1 atom stereocenters. The standard InChI is InChI=1S/C22H28F2N4O2/c1-3-4-5-6-7-22(29)28-11-10-27(14-16(28)2)20-13-21(26-15-25-20)30-17-8-9-18(23)19(24)12-17/h8-9,12-13,15-16H,3-7,10-11,14H2,1-2H3/t16-/m0/s1. The van der Waals surface area contributed by atoms with E-state index in [2.05, 4.69) is 21.8 Å². The maximum atomic E-state index is 13.4.